The third-order valence-corrected chi connectivity index (χ3v) is 2.30. The van der Waals surface area contributed by atoms with Crippen LogP contribution in [0, 0.1) is 11.6 Å². The van der Waals surface area contributed by atoms with Gasteiger partial charge in [0.05, 0.1) is 23.9 Å². The fourth-order valence-corrected chi connectivity index (χ4v) is 1.52. The molecule has 0 spiro atoms. The van der Waals surface area contributed by atoms with Gasteiger partial charge in [-0.1, -0.05) is 0 Å². The van der Waals surface area contributed by atoms with Crippen LogP contribution in [0.15, 0.2) is 30.7 Å². The molecule has 0 bridgehead atoms. The first-order valence-corrected chi connectivity index (χ1v) is 4.83. The molecule has 2 N–H and O–H groups in total. The molecule has 84 valence electrons. The average molecular weight is 223 g/mol. The maximum absolute atomic E-state index is 13.5. The van der Waals surface area contributed by atoms with Gasteiger partial charge >= 0.3 is 0 Å². The van der Waals surface area contributed by atoms with E-state index in [1.165, 1.54) is 23.0 Å². The van der Waals surface area contributed by atoms with Crippen LogP contribution < -0.4 is 5.73 Å². The fraction of sp³-hybridized carbons (Fsp3) is 0.182. The first-order valence-electron chi connectivity index (χ1n) is 4.83. The van der Waals surface area contributed by atoms with Crippen molar-refractivity contribution in [2.24, 2.45) is 5.73 Å². The van der Waals surface area contributed by atoms with E-state index in [1.54, 1.807) is 13.1 Å². The summed E-state index contributed by atoms with van der Waals surface area (Å²) in [5.41, 5.74) is 6.63. The number of rotatable bonds is 2. The molecule has 2 rings (SSSR count). The van der Waals surface area contributed by atoms with Gasteiger partial charge in [0.1, 0.15) is 11.6 Å². The second-order valence-corrected chi connectivity index (χ2v) is 3.57. The number of nitrogens with zero attached hydrogens (tertiary/aromatic N) is 2. The van der Waals surface area contributed by atoms with E-state index < -0.39 is 11.6 Å². The van der Waals surface area contributed by atoms with E-state index in [1.807, 2.05) is 0 Å². The highest BCUT2D eigenvalue weighted by Crippen LogP contribution is 2.19. The number of nitrogens with two attached hydrogens (primary N) is 1. The normalized spacial score (nSPS) is 12.8. The van der Waals surface area contributed by atoms with Crippen LogP contribution in [0.25, 0.3) is 5.69 Å². The van der Waals surface area contributed by atoms with Crippen LogP contribution in [0.4, 0.5) is 8.78 Å². The molecular weight excluding hydrogens is 212 g/mol. The van der Waals surface area contributed by atoms with Crippen LogP contribution in [-0.2, 0) is 0 Å². The highest BCUT2D eigenvalue weighted by molar-refractivity contribution is 5.36. The number of benzene rings is 1. The molecule has 2 aromatic rings. The molecule has 1 heterocycles. The molecule has 0 aliphatic rings. The summed E-state index contributed by atoms with van der Waals surface area (Å²) < 4.78 is 27.8. The summed E-state index contributed by atoms with van der Waals surface area (Å²) in [7, 11) is 0. The molecule has 0 saturated heterocycles. The van der Waals surface area contributed by atoms with Crippen molar-refractivity contribution in [3.05, 3.63) is 48.1 Å². The maximum atomic E-state index is 13.5. The Hall–Kier alpha value is -1.75. The van der Waals surface area contributed by atoms with Crippen molar-refractivity contribution >= 4 is 0 Å². The van der Waals surface area contributed by atoms with Crippen molar-refractivity contribution in [2.45, 2.75) is 13.0 Å². The highest BCUT2D eigenvalue weighted by Gasteiger charge is 2.12. The number of hydrogen-bond acceptors (Lipinski definition) is 2. The first-order chi connectivity index (χ1) is 7.59. The van der Waals surface area contributed by atoms with Crippen LogP contribution in [0.2, 0.25) is 0 Å². The van der Waals surface area contributed by atoms with Crippen molar-refractivity contribution in [1.82, 2.24) is 9.55 Å². The van der Waals surface area contributed by atoms with Gasteiger partial charge in [0.15, 0.2) is 0 Å². The summed E-state index contributed by atoms with van der Waals surface area (Å²) >= 11 is 0. The number of hydrogen-bond donors (Lipinski definition) is 1. The SMILES string of the molecule is C[C@@H](N)c1cncn1-c1ccc(F)cc1F. The molecule has 1 aromatic heterocycles. The van der Waals surface area contributed by atoms with Crippen molar-refractivity contribution in [1.29, 1.82) is 0 Å². The highest BCUT2D eigenvalue weighted by atomic mass is 19.1. The smallest absolute Gasteiger partial charge is 0.150 e. The number of aromatic nitrogens is 2. The molecule has 5 heteroatoms. The quantitative estimate of drug-likeness (QED) is 0.847. The Labute approximate surface area is 91.5 Å². The lowest BCUT2D eigenvalue weighted by Gasteiger charge is -2.11. The van der Waals surface area contributed by atoms with E-state index in [-0.39, 0.29) is 11.7 Å². The second kappa shape index (κ2) is 4.02. The summed E-state index contributed by atoms with van der Waals surface area (Å²) in [6, 6.07) is 3.12. The van der Waals surface area contributed by atoms with Gasteiger partial charge in [0.2, 0.25) is 0 Å². The van der Waals surface area contributed by atoms with Crippen molar-refractivity contribution in [2.75, 3.05) is 0 Å². The zero-order valence-corrected chi connectivity index (χ0v) is 8.69. The van der Waals surface area contributed by atoms with Gasteiger partial charge < -0.3 is 5.73 Å². The third kappa shape index (κ3) is 1.81. The van der Waals surface area contributed by atoms with E-state index in [0.29, 0.717) is 5.69 Å². The number of imidazole rings is 1. The van der Waals surface area contributed by atoms with Crippen molar-refractivity contribution in [3.63, 3.8) is 0 Å². The molecule has 0 aliphatic carbocycles. The molecule has 1 aromatic carbocycles. The van der Waals surface area contributed by atoms with E-state index in [4.69, 9.17) is 5.73 Å². The summed E-state index contributed by atoms with van der Waals surface area (Å²) in [5, 5.41) is 0. The Balaban J connectivity index is 2.54. The Bertz CT molecular complexity index is 506. The van der Waals surface area contributed by atoms with E-state index in [0.717, 1.165) is 6.07 Å². The Morgan fingerprint density at radius 2 is 2.12 bits per heavy atom. The van der Waals surface area contributed by atoms with Crippen molar-refractivity contribution in [3.8, 4) is 5.69 Å². The molecule has 1 atom stereocenters. The predicted molar refractivity (Wildman–Crippen MR) is 56.1 cm³/mol. The van der Waals surface area contributed by atoms with Crippen LogP contribution in [-0.4, -0.2) is 9.55 Å². The molecule has 0 fully saturated rings. The lowest BCUT2D eigenvalue weighted by molar-refractivity contribution is 0.575. The van der Waals surface area contributed by atoms with Gasteiger partial charge in [-0.15, -0.1) is 0 Å². The molecule has 0 amide bonds. The van der Waals surface area contributed by atoms with Gasteiger partial charge in [-0.25, -0.2) is 13.8 Å². The molecule has 0 saturated carbocycles. The fourth-order valence-electron chi connectivity index (χ4n) is 1.52. The standard InChI is InChI=1S/C11H11F2N3/c1-7(14)11-5-15-6-16(11)10-3-2-8(12)4-9(10)13/h2-7H,14H2,1H3/t7-/m1/s1. The van der Waals surface area contributed by atoms with E-state index in [2.05, 4.69) is 4.98 Å². The number of halogens is 2. The minimum atomic E-state index is -0.639. The summed E-state index contributed by atoms with van der Waals surface area (Å²) in [4.78, 5) is 3.91. The molecule has 0 radical (unpaired) electrons. The van der Waals surface area contributed by atoms with Crippen molar-refractivity contribution < 1.29 is 8.78 Å². The average Bonchev–Trinajstić information content (AvgIpc) is 2.66. The van der Waals surface area contributed by atoms with E-state index in [9.17, 15) is 8.78 Å². The molecule has 0 unspecified atom stereocenters. The van der Waals surface area contributed by atoms with Gasteiger partial charge in [-0.05, 0) is 19.1 Å². The zero-order valence-electron chi connectivity index (χ0n) is 8.69. The van der Waals surface area contributed by atoms with Crippen LogP contribution >= 0.6 is 0 Å². The Kier molecular flexibility index (Phi) is 2.70. The summed E-state index contributed by atoms with van der Waals surface area (Å²) in [5.74, 6) is -1.25. The Morgan fingerprint density at radius 3 is 2.75 bits per heavy atom. The minimum Gasteiger partial charge on any atom is -0.323 e. The lowest BCUT2D eigenvalue weighted by atomic mass is 10.2. The second-order valence-electron chi connectivity index (χ2n) is 3.57. The molecule has 0 aliphatic heterocycles. The van der Waals surface area contributed by atoms with Crippen LogP contribution in [0.1, 0.15) is 18.7 Å². The van der Waals surface area contributed by atoms with Gasteiger partial charge in [0.25, 0.3) is 0 Å². The molecule has 3 nitrogen and oxygen atoms in total. The summed E-state index contributed by atoms with van der Waals surface area (Å²) in [6.45, 7) is 1.77. The molecular formula is C11H11F2N3. The first kappa shape index (κ1) is 10.8. The zero-order chi connectivity index (χ0) is 11.7. The topological polar surface area (TPSA) is 43.8 Å². The summed E-state index contributed by atoms with van der Waals surface area (Å²) in [6.07, 6.45) is 3.02. The van der Waals surface area contributed by atoms with Crippen LogP contribution in [0.5, 0.6) is 0 Å². The van der Waals surface area contributed by atoms with Gasteiger partial charge in [-0.3, -0.25) is 4.57 Å². The van der Waals surface area contributed by atoms with Gasteiger partial charge in [-0.2, -0.15) is 0 Å². The minimum absolute atomic E-state index is 0.242. The van der Waals surface area contributed by atoms with Crippen LogP contribution in [0.3, 0.4) is 0 Å². The van der Waals surface area contributed by atoms with Gasteiger partial charge in [0, 0.05) is 12.1 Å². The van der Waals surface area contributed by atoms with E-state index >= 15 is 0 Å². The monoisotopic (exact) mass is 223 g/mol. The maximum Gasteiger partial charge on any atom is 0.150 e. The predicted octanol–water partition coefficient (Wildman–Crippen LogP) is 2.17. The lowest BCUT2D eigenvalue weighted by Crippen LogP contribution is -2.11. The third-order valence-electron chi connectivity index (χ3n) is 2.30. The largest absolute Gasteiger partial charge is 0.323 e. The molecule has 16 heavy (non-hydrogen) atoms. The Morgan fingerprint density at radius 1 is 1.38 bits per heavy atom.